The minimum atomic E-state index is -0.0758. The normalized spacial score (nSPS) is 29.6. The maximum Gasteiger partial charge on any atom is 0.315 e. The zero-order valence-corrected chi connectivity index (χ0v) is 5.53. The zero-order valence-electron chi connectivity index (χ0n) is 4.72. The third kappa shape index (κ3) is 1.40. The summed E-state index contributed by atoms with van der Waals surface area (Å²) in [6, 6.07) is 0. The molecule has 0 saturated carbocycles. The summed E-state index contributed by atoms with van der Waals surface area (Å²) in [5.74, 6) is 0.453. The Hall–Kier alpha value is -0.180. The van der Waals surface area contributed by atoms with E-state index in [0.717, 1.165) is 0 Å². The van der Waals surface area contributed by atoms with Crippen LogP contribution in [0.1, 0.15) is 6.92 Å². The van der Waals surface area contributed by atoms with Crippen molar-refractivity contribution in [1.29, 1.82) is 0 Å². The van der Waals surface area contributed by atoms with Crippen molar-refractivity contribution < 1.29 is 9.53 Å². The Morgan fingerprint density at radius 3 is 3.00 bits per heavy atom. The molecule has 0 amide bonds. The van der Waals surface area contributed by atoms with E-state index in [1.807, 2.05) is 0 Å². The van der Waals surface area contributed by atoms with E-state index in [2.05, 4.69) is 6.92 Å². The number of hydrogen-bond acceptors (Lipinski definition) is 3. The number of cyclic esters (lactones) is 1. The smallest absolute Gasteiger partial charge is 0.315 e. The summed E-state index contributed by atoms with van der Waals surface area (Å²) in [5, 5.41) is 0.493. The molecule has 0 bridgehead atoms. The van der Waals surface area contributed by atoms with Gasteiger partial charge in [0.2, 0.25) is 0 Å². The van der Waals surface area contributed by atoms with Crippen LogP contribution in [-0.2, 0) is 9.53 Å². The van der Waals surface area contributed by atoms with Crippen LogP contribution >= 0.6 is 11.8 Å². The Kier molecular flexibility index (Phi) is 1.78. The van der Waals surface area contributed by atoms with Gasteiger partial charge < -0.3 is 4.74 Å². The summed E-state index contributed by atoms with van der Waals surface area (Å²) >= 11 is 1.65. The van der Waals surface area contributed by atoms with Gasteiger partial charge in [-0.15, -0.1) is 11.8 Å². The third-order valence-corrected chi connectivity index (χ3v) is 2.07. The molecule has 0 radical (unpaired) electrons. The second-order valence-electron chi connectivity index (χ2n) is 1.80. The van der Waals surface area contributed by atoms with E-state index in [9.17, 15) is 4.79 Å². The number of carbonyl (C=O) groups is 1. The van der Waals surface area contributed by atoms with Crippen molar-refractivity contribution in [2.45, 2.75) is 12.2 Å². The number of ether oxygens (including phenoxy) is 1. The first-order chi connectivity index (χ1) is 3.79. The first-order valence-corrected chi connectivity index (χ1v) is 3.61. The number of thioether (sulfide) groups is 1. The fourth-order valence-electron chi connectivity index (χ4n) is 0.510. The van der Waals surface area contributed by atoms with Gasteiger partial charge in [-0.05, 0) is 6.92 Å². The van der Waals surface area contributed by atoms with Crippen molar-refractivity contribution in [2.24, 2.45) is 0 Å². The van der Waals surface area contributed by atoms with Gasteiger partial charge in [0, 0.05) is 5.25 Å². The molecule has 1 aliphatic rings. The van der Waals surface area contributed by atoms with Gasteiger partial charge in [-0.3, -0.25) is 4.79 Å². The summed E-state index contributed by atoms with van der Waals surface area (Å²) in [6.07, 6.45) is 0. The van der Waals surface area contributed by atoms with Crippen molar-refractivity contribution in [3.8, 4) is 0 Å². The van der Waals surface area contributed by atoms with Crippen LogP contribution < -0.4 is 0 Å². The molecule has 2 nitrogen and oxygen atoms in total. The number of carbonyl (C=O) groups excluding carboxylic acids is 1. The van der Waals surface area contributed by atoms with E-state index in [0.29, 0.717) is 17.6 Å². The molecule has 1 saturated heterocycles. The maximum atomic E-state index is 10.4. The lowest BCUT2D eigenvalue weighted by Crippen LogP contribution is -2.22. The minimum absolute atomic E-state index is 0.0758. The van der Waals surface area contributed by atoms with Crippen molar-refractivity contribution >= 4 is 17.7 Å². The Morgan fingerprint density at radius 2 is 2.62 bits per heavy atom. The molecule has 0 aliphatic carbocycles. The number of hydrogen-bond donors (Lipinski definition) is 0. The lowest BCUT2D eigenvalue weighted by Gasteiger charge is -2.16. The predicted octanol–water partition coefficient (Wildman–Crippen LogP) is 0.665. The van der Waals surface area contributed by atoms with Gasteiger partial charge in [-0.1, -0.05) is 0 Å². The summed E-state index contributed by atoms with van der Waals surface area (Å²) in [5.41, 5.74) is 0. The van der Waals surface area contributed by atoms with Crippen molar-refractivity contribution in [3.63, 3.8) is 0 Å². The third-order valence-electron chi connectivity index (χ3n) is 0.965. The van der Waals surface area contributed by atoms with Crippen LogP contribution in [0.2, 0.25) is 0 Å². The van der Waals surface area contributed by atoms with Crippen molar-refractivity contribution in [2.75, 3.05) is 12.4 Å². The maximum absolute atomic E-state index is 10.4. The van der Waals surface area contributed by atoms with Gasteiger partial charge >= 0.3 is 5.97 Å². The van der Waals surface area contributed by atoms with Gasteiger partial charge in [-0.25, -0.2) is 0 Å². The molecule has 0 aromatic rings. The van der Waals surface area contributed by atoms with Crippen molar-refractivity contribution in [3.05, 3.63) is 0 Å². The molecule has 46 valence electrons. The number of esters is 1. The lowest BCUT2D eigenvalue weighted by atomic mass is 10.5. The molecule has 8 heavy (non-hydrogen) atoms. The van der Waals surface area contributed by atoms with Crippen LogP contribution in [0.25, 0.3) is 0 Å². The van der Waals surface area contributed by atoms with Crippen LogP contribution in [-0.4, -0.2) is 23.6 Å². The Morgan fingerprint density at radius 1 is 1.88 bits per heavy atom. The molecular weight excluding hydrogens is 124 g/mol. The van der Waals surface area contributed by atoms with E-state index >= 15 is 0 Å². The highest BCUT2D eigenvalue weighted by Crippen LogP contribution is 2.15. The molecule has 3 heteroatoms. The molecule has 0 spiro atoms. The van der Waals surface area contributed by atoms with Crippen molar-refractivity contribution in [1.82, 2.24) is 0 Å². The Labute approximate surface area is 52.6 Å². The predicted molar refractivity (Wildman–Crippen MR) is 32.9 cm³/mol. The first kappa shape index (κ1) is 5.95. The lowest BCUT2D eigenvalue weighted by molar-refractivity contribution is -0.140. The average molecular weight is 132 g/mol. The highest BCUT2D eigenvalue weighted by molar-refractivity contribution is 8.00. The SMILES string of the molecule is C[C@@H]1COC(=O)CS1. The molecule has 1 atom stereocenters. The van der Waals surface area contributed by atoms with E-state index < -0.39 is 0 Å². The highest BCUT2D eigenvalue weighted by Gasteiger charge is 2.14. The molecule has 1 rings (SSSR count). The van der Waals surface area contributed by atoms with Crippen LogP contribution in [0, 0.1) is 0 Å². The van der Waals surface area contributed by atoms with Crippen LogP contribution in [0.4, 0.5) is 0 Å². The second kappa shape index (κ2) is 2.40. The largest absolute Gasteiger partial charge is 0.464 e. The molecule has 0 aromatic carbocycles. The summed E-state index contributed by atoms with van der Waals surface area (Å²) in [7, 11) is 0. The quantitative estimate of drug-likeness (QED) is 0.453. The molecular formula is C5H8O2S. The minimum Gasteiger partial charge on any atom is -0.464 e. The molecule has 0 N–H and O–H groups in total. The van der Waals surface area contributed by atoms with Crippen LogP contribution in [0.5, 0.6) is 0 Å². The molecule has 1 aliphatic heterocycles. The molecule has 1 heterocycles. The van der Waals surface area contributed by atoms with Gasteiger partial charge in [0.25, 0.3) is 0 Å². The molecule has 0 unspecified atom stereocenters. The van der Waals surface area contributed by atoms with Gasteiger partial charge in [-0.2, -0.15) is 0 Å². The van der Waals surface area contributed by atoms with E-state index in [1.54, 1.807) is 11.8 Å². The second-order valence-corrected chi connectivity index (χ2v) is 3.23. The average Bonchev–Trinajstić information content (AvgIpc) is 1.77. The van der Waals surface area contributed by atoms with E-state index in [4.69, 9.17) is 4.74 Å². The fraction of sp³-hybridized carbons (Fsp3) is 0.800. The zero-order chi connectivity index (χ0) is 5.98. The number of rotatable bonds is 0. The highest BCUT2D eigenvalue weighted by atomic mass is 32.2. The standard InChI is InChI=1S/C5H8O2S/c1-4-2-7-5(6)3-8-4/h4H,2-3H2,1H3/t4-/m1/s1. The molecule has 0 aromatic heterocycles. The Balaban J connectivity index is 2.29. The van der Waals surface area contributed by atoms with E-state index in [1.165, 1.54) is 0 Å². The van der Waals surface area contributed by atoms with Crippen LogP contribution in [0.3, 0.4) is 0 Å². The van der Waals surface area contributed by atoms with Gasteiger partial charge in [0.1, 0.15) is 6.61 Å². The topological polar surface area (TPSA) is 26.3 Å². The summed E-state index contributed by atoms with van der Waals surface area (Å²) < 4.78 is 4.73. The van der Waals surface area contributed by atoms with Crippen LogP contribution in [0.15, 0.2) is 0 Å². The van der Waals surface area contributed by atoms with Gasteiger partial charge in [0.05, 0.1) is 5.75 Å². The fourth-order valence-corrected chi connectivity index (χ4v) is 1.18. The first-order valence-electron chi connectivity index (χ1n) is 2.56. The summed E-state index contributed by atoms with van der Waals surface area (Å²) in [6.45, 7) is 2.64. The molecule has 1 fully saturated rings. The monoisotopic (exact) mass is 132 g/mol. The Bertz CT molecular complexity index is 92.6. The summed E-state index contributed by atoms with van der Waals surface area (Å²) in [4.78, 5) is 10.4. The van der Waals surface area contributed by atoms with Gasteiger partial charge in [0.15, 0.2) is 0 Å². The van der Waals surface area contributed by atoms with E-state index in [-0.39, 0.29) is 5.97 Å².